The maximum Gasteiger partial charge on any atom is 0.300 e. The lowest BCUT2D eigenvalue weighted by Gasteiger charge is -2.21. The molecule has 0 bridgehead atoms. The van der Waals surface area contributed by atoms with Gasteiger partial charge in [0, 0.05) is 31.3 Å². The number of aliphatic carboxylic acids is 1. The van der Waals surface area contributed by atoms with Crippen LogP contribution in [0.3, 0.4) is 0 Å². The molecule has 9 heteroatoms. The number of hydrogen-bond acceptors (Lipinski definition) is 6. The van der Waals surface area contributed by atoms with Gasteiger partial charge in [0.25, 0.3) is 11.5 Å². The third-order valence-corrected chi connectivity index (χ3v) is 3.72. The summed E-state index contributed by atoms with van der Waals surface area (Å²) in [6, 6.07) is 0.198. The molecule has 1 aliphatic rings. The highest BCUT2D eigenvalue weighted by Crippen LogP contribution is 2.22. The number of carboxylic acid groups (broad SMARTS) is 1. The van der Waals surface area contributed by atoms with Gasteiger partial charge in [-0.25, -0.2) is 4.98 Å². The number of H-pyrrole nitrogens is 2. The SMILES string of the molecule is CC(=O)O.Nc1nc2c(CN3CCC[C@@H]3CO)c[nH]c2c(=O)[nH]1. The van der Waals surface area contributed by atoms with E-state index in [1.807, 2.05) is 0 Å². The molecule has 0 spiro atoms. The first-order valence-electron chi connectivity index (χ1n) is 7.32. The van der Waals surface area contributed by atoms with E-state index in [0.717, 1.165) is 31.9 Å². The van der Waals surface area contributed by atoms with E-state index in [9.17, 15) is 9.90 Å². The van der Waals surface area contributed by atoms with Gasteiger partial charge in [0.2, 0.25) is 5.95 Å². The summed E-state index contributed by atoms with van der Waals surface area (Å²) in [6.45, 7) is 2.87. The molecule has 23 heavy (non-hydrogen) atoms. The van der Waals surface area contributed by atoms with E-state index in [1.165, 1.54) is 0 Å². The van der Waals surface area contributed by atoms with Crippen molar-refractivity contribution in [3.8, 4) is 0 Å². The minimum atomic E-state index is -0.833. The van der Waals surface area contributed by atoms with E-state index >= 15 is 0 Å². The quantitative estimate of drug-likeness (QED) is 0.528. The predicted molar refractivity (Wildman–Crippen MR) is 85.0 cm³/mol. The fraction of sp³-hybridized carbons (Fsp3) is 0.500. The van der Waals surface area contributed by atoms with Crippen molar-refractivity contribution in [2.75, 3.05) is 18.9 Å². The maximum atomic E-state index is 11.7. The highest BCUT2D eigenvalue weighted by Gasteiger charge is 2.24. The van der Waals surface area contributed by atoms with Gasteiger partial charge in [-0.05, 0) is 19.4 Å². The number of fused-ring (bicyclic) bond motifs is 1. The zero-order valence-corrected chi connectivity index (χ0v) is 12.9. The zero-order chi connectivity index (χ0) is 17.0. The summed E-state index contributed by atoms with van der Waals surface area (Å²) in [7, 11) is 0. The van der Waals surface area contributed by atoms with Crippen molar-refractivity contribution in [2.45, 2.75) is 32.4 Å². The fourth-order valence-electron chi connectivity index (χ4n) is 2.73. The average Bonchev–Trinajstić information content (AvgIpc) is 3.06. The molecule has 1 atom stereocenters. The largest absolute Gasteiger partial charge is 0.481 e. The highest BCUT2D eigenvalue weighted by atomic mass is 16.4. The van der Waals surface area contributed by atoms with Crippen molar-refractivity contribution in [1.82, 2.24) is 19.9 Å². The van der Waals surface area contributed by atoms with E-state index in [2.05, 4.69) is 19.9 Å². The van der Waals surface area contributed by atoms with Crippen LogP contribution < -0.4 is 11.3 Å². The number of likely N-dealkylation sites (tertiary alicyclic amines) is 1. The minimum absolute atomic E-state index is 0.124. The van der Waals surface area contributed by atoms with Crippen LogP contribution in [0.1, 0.15) is 25.3 Å². The summed E-state index contributed by atoms with van der Waals surface area (Å²) in [6.07, 6.45) is 3.89. The van der Waals surface area contributed by atoms with Gasteiger partial charge >= 0.3 is 0 Å². The number of anilines is 1. The molecule has 126 valence electrons. The first kappa shape index (κ1) is 17.0. The molecule has 2 aromatic rings. The zero-order valence-electron chi connectivity index (χ0n) is 12.9. The Hall–Kier alpha value is -2.39. The highest BCUT2D eigenvalue weighted by molar-refractivity contribution is 5.78. The first-order valence-corrected chi connectivity index (χ1v) is 7.32. The maximum absolute atomic E-state index is 11.7. The summed E-state index contributed by atoms with van der Waals surface area (Å²) >= 11 is 0. The number of aromatic amines is 2. The molecule has 1 saturated heterocycles. The van der Waals surface area contributed by atoms with Crippen molar-refractivity contribution in [2.24, 2.45) is 0 Å². The van der Waals surface area contributed by atoms with E-state index in [1.54, 1.807) is 6.20 Å². The Labute approximate surface area is 132 Å². The smallest absolute Gasteiger partial charge is 0.300 e. The van der Waals surface area contributed by atoms with Crippen LogP contribution in [0.4, 0.5) is 5.95 Å². The Bertz CT molecular complexity index is 734. The standard InChI is InChI=1S/C12H17N5O2.C2H4O2/c13-12-15-9-7(4-14-10(9)11(19)16-12)5-17-3-1-2-8(17)6-18;1-2(3)4/h4,8,14,18H,1-3,5-6H2,(H3,13,15,16,19);1H3,(H,3,4)/t8-;/m1./s1. The van der Waals surface area contributed by atoms with Gasteiger partial charge < -0.3 is 20.9 Å². The van der Waals surface area contributed by atoms with E-state index in [4.69, 9.17) is 15.6 Å². The molecule has 9 nitrogen and oxygen atoms in total. The second-order valence-corrected chi connectivity index (χ2v) is 5.46. The number of nitrogens with one attached hydrogen (secondary N) is 2. The summed E-state index contributed by atoms with van der Waals surface area (Å²) in [5.41, 5.74) is 7.33. The molecule has 0 amide bonds. The number of carbonyl (C=O) groups is 1. The van der Waals surface area contributed by atoms with Crippen LogP contribution in [0, 0.1) is 0 Å². The van der Waals surface area contributed by atoms with Crippen LogP contribution in [-0.4, -0.2) is 55.2 Å². The molecular weight excluding hydrogens is 302 g/mol. The molecule has 3 heterocycles. The van der Waals surface area contributed by atoms with E-state index < -0.39 is 5.97 Å². The number of hydrogen-bond donors (Lipinski definition) is 5. The van der Waals surface area contributed by atoms with Gasteiger partial charge in [-0.2, -0.15) is 0 Å². The van der Waals surface area contributed by atoms with Crippen molar-refractivity contribution < 1.29 is 15.0 Å². The summed E-state index contributed by atoms with van der Waals surface area (Å²) in [5, 5.41) is 16.7. The summed E-state index contributed by atoms with van der Waals surface area (Å²) in [4.78, 5) is 32.5. The second kappa shape index (κ2) is 7.25. The lowest BCUT2D eigenvalue weighted by molar-refractivity contribution is -0.134. The minimum Gasteiger partial charge on any atom is -0.481 e. The Morgan fingerprint density at radius 2 is 2.26 bits per heavy atom. The second-order valence-electron chi connectivity index (χ2n) is 5.46. The topological polar surface area (TPSA) is 148 Å². The van der Waals surface area contributed by atoms with Crippen molar-refractivity contribution in [3.05, 3.63) is 22.1 Å². The van der Waals surface area contributed by atoms with Crippen LogP contribution in [-0.2, 0) is 11.3 Å². The van der Waals surface area contributed by atoms with Crippen LogP contribution in [0.5, 0.6) is 0 Å². The van der Waals surface area contributed by atoms with Gasteiger partial charge in [0.1, 0.15) is 11.0 Å². The first-order chi connectivity index (χ1) is 10.9. The predicted octanol–water partition coefficient (Wildman–Crippen LogP) is -0.119. The van der Waals surface area contributed by atoms with Crippen LogP contribution in [0.15, 0.2) is 11.0 Å². The molecule has 3 rings (SSSR count). The van der Waals surface area contributed by atoms with Gasteiger partial charge in [-0.15, -0.1) is 0 Å². The number of carboxylic acids is 1. The normalized spacial score (nSPS) is 17.9. The molecule has 0 unspecified atom stereocenters. The molecular formula is C14H21N5O4. The molecule has 6 N–H and O–H groups in total. The number of rotatable bonds is 3. The average molecular weight is 323 g/mol. The summed E-state index contributed by atoms with van der Waals surface area (Å²) < 4.78 is 0. The summed E-state index contributed by atoms with van der Waals surface area (Å²) in [5.74, 6) is -0.710. The van der Waals surface area contributed by atoms with Crippen LogP contribution in [0.2, 0.25) is 0 Å². The fourth-order valence-corrected chi connectivity index (χ4v) is 2.73. The molecule has 1 fully saturated rings. The van der Waals surface area contributed by atoms with Crippen LogP contribution in [0.25, 0.3) is 11.0 Å². The van der Waals surface area contributed by atoms with E-state index in [-0.39, 0.29) is 24.2 Å². The Morgan fingerprint density at radius 1 is 1.57 bits per heavy atom. The van der Waals surface area contributed by atoms with Crippen LogP contribution >= 0.6 is 0 Å². The molecule has 0 radical (unpaired) electrons. The van der Waals surface area contributed by atoms with Crippen molar-refractivity contribution in [3.63, 3.8) is 0 Å². The molecule has 1 aliphatic heterocycles. The Morgan fingerprint density at radius 3 is 2.91 bits per heavy atom. The van der Waals surface area contributed by atoms with Gasteiger partial charge in [0.15, 0.2) is 0 Å². The number of aliphatic hydroxyl groups excluding tert-OH is 1. The van der Waals surface area contributed by atoms with Gasteiger partial charge in [-0.1, -0.05) is 0 Å². The van der Waals surface area contributed by atoms with E-state index in [0.29, 0.717) is 17.6 Å². The van der Waals surface area contributed by atoms with Gasteiger partial charge in [-0.3, -0.25) is 19.5 Å². The monoisotopic (exact) mass is 323 g/mol. The number of aliphatic hydroxyl groups is 1. The molecule has 0 saturated carbocycles. The number of nitrogens with zero attached hydrogens (tertiary/aromatic N) is 2. The number of nitrogens with two attached hydrogens (primary N) is 1. The third-order valence-electron chi connectivity index (χ3n) is 3.72. The van der Waals surface area contributed by atoms with Crippen molar-refractivity contribution >= 4 is 23.0 Å². The lowest BCUT2D eigenvalue weighted by Crippen LogP contribution is -2.31. The number of aromatic nitrogens is 3. The lowest BCUT2D eigenvalue weighted by atomic mass is 10.2. The Kier molecular flexibility index (Phi) is 5.35. The van der Waals surface area contributed by atoms with Gasteiger partial charge in [0.05, 0.1) is 6.61 Å². The van der Waals surface area contributed by atoms with Crippen molar-refractivity contribution in [1.29, 1.82) is 0 Å². The Balaban J connectivity index is 0.000000433. The molecule has 0 aromatic carbocycles. The number of nitrogen functional groups attached to an aromatic ring is 1. The molecule has 2 aromatic heterocycles. The third kappa shape index (κ3) is 4.08. The molecule has 0 aliphatic carbocycles.